The molecule has 27 heavy (non-hydrogen) atoms. The Labute approximate surface area is 156 Å². The van der Waals surface area contributed by atoms with Crippen molar-refractivity contribution in [2.24, 2.45) is 0 Å². The van der Waals surface area contributed by atoms with Crippen LogP contribution in [-0.2, 0) is 6.18 Å². The summed E-state index contributed by atoms with van der Waals surface area (Å²) in [4.78, 5) is 0. The molecule has 0 aromatic heterocycles. The highest BCUT2D eigenvalue weighted by molar-refractivity contribution is 6.07. The number of nitrogens with zero attached hydrogens (tertiary/aromatic N) is 1. The molecule has 2 nitrogen and oxygen atoms in total. The van der Waals surface area contributed by atoms with Gasteiger partial charge in [-0.15, -0.1) is 0 Å². The molecule has 0 unspecified atom stereocenters. The van der Waals surface area contributed by atoms with Crippen LogP contribution in [0.4, 0.5) is 13.2 Å². The number of allylic oxidation sites excluding steroid dienone is 3. The third-order valence-corrected chi connectivity index (χ3v) is 4.49. The fraction of sp³-hybridized carbons (Fsp3) is 0.227. The molecule has 0 spiro atoms. The summed E-state index contributed by atoms with van der Waals surface area (Å²) >= 11 is 0. The Kier molecular flexibility index (Phi) is 5.79. The topological polar surface area (TPSA) is 26.1 Å². The van der Waals surface area contributed by atoms with Gasteiger partial charge in [-0.05, 0) is 61.2 Å². The van der Waals surface area contributed by atoms with Crippen LogP contribution in [0.5, 0.6) is 0 Å². The summed E-state index contributed by atoms with van der Waals surface area (Å²) in [5, 5.41) is 12.9. The molecule has 0 aliphatic heterocycles. The van der Waals surface area contributed by atoms with Crippen LogP contribution in [-0.4, -0.2) is 10.5 Å². The molecule has 2 aromatic carbocycles. The maximum Gasteiger partial charge on any atom is 0.416 e. The first-order valence-electron chi connectivity index (χ1n) is 8.89. The Morgan fingerprint density at radius 1 is 0.963 bits per heavy atom. The van der Waals surface area contributed by atoms with Gasteiger partial charge < -0.3 is 5.21 Å². The Morgan fingerprint density at radius 3 is 2.26 bits per heavy atom. The first kappa shape index (κ1) is 19.0. The van der Waals surface area contributed by atoms with Crippen LogP contribution in [0.2, 0.25) is 0 Å². The van der Waals surface area contributed by atoms with Gasteiger partial charge in [-0.25, -0.2) is 0 Å². The number of rotatable bonds is 4. The van der Waals surface area contributed by atoms with Gasteiger partial charge in [0.1, 0.15) is 0 Å². The summed E-state index contributed by atoms with van der Waals surface area (Å²) in [6, 6.07) is 14.2. The molecule has 0 saturated carbocycles. The molecular formula is C22H20F3NO. The van der Waals surface area contributed by atoms with E-state index < -0.39 is 11.7 Å². The van der Waals surface area contributed by atoms with Gasteiger partial charge in [0, 0.05) is 18.1 Å². The second-order valence-corrected chi connectivity index (χ2v) is 6.44. The molecule has 5 heteroatoms. The molecule has 140 valence electrons. The molecule has 0 bridgehead atoms. The first-order valence-corrected chi connectivity index (χ1v) is 8.89. The highest BCUT2D eigenvalue weighted by atomic mass is 19.4. The van der Waals surface area contributed by atoms with Crippen LogP contribution in [0, 0.1) is 5.21 Å². The lowest BCUT2D eigenvalue weighted by atomic mass is 10.0. The lowest BCUT2D eigenvalue weighted by Crippen LogP contribution is -2.17. The van der Waals surface area contributed by atoms with Crippen LogP contribution < -0.4 is 0 Å². The molecule has 0 N–H and O–H groups in total. The molecule has 0 heterocycles. The molecule has 3 rings (SSSR count). The fourth-order valence-corrected chi connectivity index (χ4v) is 3.01. The average Bonchev–Trinajstić information content (AvgIpc) is 2.69. The van der Waals surface area contributed by atoms with Gasteiger partial charge in [0.15, 0.2) is 5.70 Å². The number of alkyl halides is 3. The van der Waals surface area contributed by atoms with E-state index in [2.05, 4.69) is 0 Å². The average molecular weight is 371 g/mol. The highest BCUT2D eigenvalue weighted by Crippen LogP contribution is 2.29. The molecule has 0 saturated heterocycles. The van der Waals surface area contributed by atoms with E-state index in [1.54, 1.807) is 12.2 Å². The van der Waals surface area contributed by atoms with Crippen molar-refractivity contribution >= 4 is 11.8 Å². The number of hydroxylamine groups is 1. The summed E-state index contributed by atoms with van der Waals surface area (Å²) in [7, 11) is 0. The fourth-order valence-electron chi connectivity index (χ4n) is 3.01. The van der Waals surface area contributed by atoms with Crippen molar-refractivity contribution in [1.29, 1.82) is 0 Å². The minimum Gasteiger partial charge on any atom is -0.618 e. The molecule has 1 aliphatic rings. The SMILES string of the molecule is [O-]/[N+](C1=CCCCC1)=C(/C=C/c1ccccc1)c1ccc(C(F)(F)F)cc1. The maximum atomic E-state index is 12.9. The van der Waals surface area contributed by atoms with E-state index in [9.17, 15) is 18.4 Å². The zero-order valence-electron chi connectivity index (χ0n) is 14.7. The predicted octanol–water partition coefficient (Wildman–Crippen LogP) is 6.18. The lowest BCUT2D eigenvalue weighted by Gasteiger charge is -2.15. The van der Waals surface area contributed by atoms with E-state index in [0.717, 1.165) is 41.7 Å². The predicted molar refractivity (Wildman–Crippen MR) is 101 cm³/mol. The van der Waals surface area contributed by atoms with Crippen molar-refractivity contribution in [1.82, 2.24) is 0 Å². The summed E-state index contributed by atoms with van der Waals surface area (Å²) in [5.74, 6) is 0. The monoisotopic (exact) mass is 371 g/mol. The number of hydrogen-bond acceptors (Lipinski definition) is 1. The zero-order chi connectivity index (χ0) is 19.3. The number of hydrogen-bond donors (Lipinski definition) is 0. The van der Waals surface area contributed by atoms with Crippen LogP contribution in [0.3, 0.4) is 0 Å². The summed E-state index contributed by atoms with van der Waals surface area (Å²) < 4.78 is 39.4. The Hall–Kier alpha value is -2.82. The summed E-state index contributed by atoms with van der Waals surface area (Å²) in [5.41, 5.74) is 1.63. The maximum absolute atomic E-state index is 12.9. The van der Waals surface area contributed by atoms with Crippen molar-refractivity contribution in [3.63, 3.8) is 0 Å². The van der Waals surface area contributed by atoms with E-state index in [1.165, 1.54) is 12.1 Å². The van der Waals surface area contributed by atoms with Gasteiger partial charge in [-0.3, -0.25) is 0 Å². The molecule has 2 aromatic rings. The van der Waals surface area contributed by atoms with Crippen molar-refractivity contribution in [3.05, 3.63) is 94.3 Å². The minimum absolute atomic E-state index is 0.334. The van der Waals surface area contributed by atoms with E-state index in [-0.39, 0.29) is 0 Å². The minimum atomic E-state index is -4.40. The summed E-state index contributed by atoms with van der Waals surface area (Å²) in [6.45, 7) is 0. The van der Waals surface area contributed by atoms with Crippen LogP contribution in [0.15, 0.2) is 72.4 Å². The smallest absolute Gasteiger partial charge is 0.416 e. The Balaban J connectivity index is 2.02. The largest absolute Gasteiger partial charge is 0.618 e. The number of benzene rings is 2. The third-order valence-electron chi connectivity index (χ3n) is 4.49. The van der Waals surface area contributed by atoms with Crippen molar-refractivity contribution < 1.29 is 17.9 Å². The Morgan fingerprint density at radius 2 is 1.67 bits per heavy atom. The zero-order valence-corrected chi connectivity index (χ0v) is 14.7. The summed E-state index contributed by atoms with van der Waals surface area (Å²) in [6.07, 6.45) is 4.48. The normalized spacial score (nSPS) is 16.2. The molecule has 0 radical (unpaired) electrons. The standard InChI is InChI=1S/C22H20F3NO/c23-22(24,25)19-14-12-18(13-15-19)21(16-11-17-7-3-1-4-8-17)26(27)20-9-5-2-6-10-20/h1,3-4,7-9,11-16H,2,5-6,10H2/b16-11+,26-21-. The van der Waals surface area contributed by atoms with Crippen LogP contribution >= 0.6 is 0 Å². The first-order chi connectivity index (χ1) is 12.9. The molecule has 0 amide bonds. The second-order valence-electron chi connectivity index (χ2n) is 6.44. The van der Waals surface area contributed by atoms with Crippen molar-refractivity contribution in [2.45, 2.75) is 31.9 Å². The van der Waals surface area contributed by atoms with E-state index in [0.29, 0.717) is 23.4 Å². The highest BCUT2D eigenvalue weighted by Gasteiger charge is 2.30. The van der Waals surface area contributed by atoms with Gasteiger partial charge >= 0.3 is 6.18 Å². The Bertz CT molecular complexity index is 863. The van der Waals surface area contributed by atoms with E-state index in [1.807, 2.05) is 36.4 Å². The molecule has 0 fully saturated rings. The van der Waals surface area contributed by atoms with Crippen LogP contribution in [0.25, 0.3) is 6.08 Å². The molecule has 1 aliphatic carbocycles. The number of halogens is 3. The van der Waals surface area contributed by atoms with Gasteiger partial charge in [0.2, 0.25) is 5.71 Å². The molecule has 0 atom stereocenters. The van der Waals surface area contributed by atoms with Gasteiger partial charge in [-0.1, -0.05) is 30.3 Å². The molecular weight excluding hydrogens is 351 g/mol. The quantitative estimate of drug-likeness (QED) is 0.273. The second kappa shape index (κ2) is 8.25. The van der Waals surface area contributed by atoms with Gasteiger partial charge in [0.25, 0.3) is 0 Å². The third kappa shape index (κ3) is 4.88. The van der Waals surface area contributed by atoms with Gasteiger partial charge in [-0.2, -0.15) is 17.9 Å². The van der Waals surface area contributed by atoms with E-state index >= 15 is 0 Å². The van der Waals surface area contributed by atoms with Crippen LogP contribution in [0.1, 0.15) is 42.4 Å². The van der Waals surface area contributed by atoms with Crippen molar-refractivity contribution in [2.75, 3.05) is 0 Å². The lowest BCUT2D eigenvalue weighted by molar-refractivity contribution is -0.404. The van der Waals surface area contributed by atoms with Gasteiger partial charge in [0.05, 0.1) is 5.56 Å². The van der Waals surface area contributed by atoms with E-state index in [4.69, 9.17) is 0 Å². The van der Waals surface area contributed by atoms with Crippen molar-refractivity contribution in [3.8, 4) is 0 Å².